The normalized spacial score (nSPS) is 15.4. The van der Waals surface area contributed by atoms with Crippen molar-refractivity contribution in [3.63, 3.8) is 0 Å². The van der Waals surface area contributed by atoms with Gasteiger partial charge in [-0.1, -0.05) is 13.8 Å². The summed E-state index contributed by atoms with van der Waals surface area (Å²) in [6.45, 7) is 11.9. The smallest absolute Gasteiger partial charge is 0.410 e. The Hall–Kier alpha value is -2.77. The van der Waals surface area contributed by atoms with E-state index in [-0.39, 0.29) is 18.0 Å². The largest absolute Gasteiger partial charge is 0.444 e. The molecule has 2 heterocycles. The summed E-state index contributed by atoms with van der Waals surface area (Å²) in [5, 5.41) is 11.8. The number of nitrogens with zero attached hydrogens (tertiary/aromatic N) is 3. The van der Waals surface area contributed by atoms with Gasteiger partial charge in [-0.3, -0.25) is 9.48 Å². The lowest BCUT2D eigenvalue weighted by atomic mass is 10.0. The molecule has 1 fully saturated rings. The third-order valence-corrected chi connectivity index (χ3v) is 5.26. The number of benzene rings is 1. The number of hydrogen-bond acceptors (Lipinski definition) is 5. The van der Waals surface area contributed by atoms with E-state index in [1.807, 2.05) is 46.0 Å². The number of hydrogen-bond donors (Lipinski definition) is 2. The maximum Gasteiger partial charge on any atom is 0.410 e. The van der Waals surface area contributed by atoms with Gasteiger partial charge in [0.05, 0.1) is 5.52 Å². The van der Waals surface area contributed by atoms with Gasteiger partial charge in [-0.2, -0.15) is 5.10 Å². The Morgan fingerprint density at radius 3 is 2.52 bits per heavy atom. The van der Waals surface area contributed by atoms with E-state index in [0.29, 0.717) is 37.5 Å². The number of aryl methyl sites for hydroxylation is 1. The number of ether oxygens (including phenoxy) is 1. The highest BCUT2D eigenvalue weighted by molar-refractivity contribution is 6.05. The van der Waals surface area contributed by atoms with E-state index in [1.165, 1.54) is 0 Å². The average molecular weight is 430 g/mol. The Kier molecular flexibility index (Phi) is 6.77. The van der Waals surface area contributed by atoms with E-state index in [4.69, 9.17) is 4.74 Å². The summed E-state index contributed by atoms with van der Waals surface area (Å²) in [6.07, 6.45) is 1.09. The molecule has 0 aliphatic carbocycles. The van der Waals surface area contributed by atoms with Crippen LogP contribution in [0.5, 0.6) is 0 Å². The molecule has 0 bridgehead atoms. The molecule has 2 amide bonds. The van der Waals surface area contributed by atoms with Crippen LogP contribution in [0.15, 0.2) is 18.2 Å². The maximum absolute atomic E-state index is 12.9. The molecule has 0 saturated carbocycles. The Morgan fingerprint density at radius 2 is 1.90 bits per heavy atom. The minimum atomic E-state index is -0.508. The summed E-state index contributed by atoms with van der Waals surface area (Å²) in [6, 6.07) is 5.98. The molecule has 1 aromatic heterocycles. The molecular weight excluding hydrogens is 394 g/mol. The van der Waals surface area contributed by atoms with Crippen molar-refractivity contribution in [2.24, 2.45) is 13.0 Å². The highest BCUT2D eigenvalue weighted by Gasteiger charge is 2.28. The van der Waals surface area contributed by atoms with Crippen LogP contribution in [-0.4, -0.2) is 58.0 Å². The second kappa shape index (κ2) is 9.16. The highest BCUT2D eigenvalue weighted by atomic mass is 16.6. The number of anilines is 1. The third-order valence-electron chi connectivity index (χ3n) is 5.26. The highest BCUT2D eigenvalue weighted by Crippen LogP contribution is 2.23. The summed E-state index contributed by atoms with van der Waals surface area (Å²) >= 11 is 0. The van der Waals surface area contributed by atoms with Crippen LogP contribution in [0.2, 0.25) is 0 Å². The van der Waals surface area contributed by atoms with Gasteiger partial charge in [0.25, 0.3) is 5.91 Å². The summed E-state index contributed by atoms with van der Waals surface area (Å²) in [7, 11) is 1.85. The van der Waals surface area contributed by atoms with Crippen LogP contribution >= 0.6 is 0 Å². The van der Waals surface area contributed by atoms with Gasteiger partial charge in [0.2, 0.25) is 0 Å². The van der Waals surface area contributed by atoms with Crippen LogP contribution < -0.4 is 10.6 Å². The molecule has 1 aliphatic rings. The SMILES string of the molecule is CC(C)CNc1ccc2c(C(=O)NC3CCN(C(=O)OC(C)(C)C)CC3)nn(C)c2c1. The standard InChI is InChI=1S/C23H35N5O3/c1-15(2)14-24-17-7-8-18-19(13-17)27(6)26-20(18)21(29)25-16-9-11-28(12-10-16)22(30)31-23(3,4)5/h7-8,13,15-16,24H,9-12,14H2,1-6H3,(H,25,29). The third kappa shape index (κ3) is 5.89. The minimum absolute atomic E-state index is 0.00947. The second-order valence-electron chi connectivity index (χ2n) is 9.69. The van der Waals surface area contributed by atoms with E-state index >= 15 is 0 Å². The molecule has 8 nitrogen and oxygen atoms in total. The second-order valence-corrected chi connectivity index (χ2v) is 9.69. The summed E-state index contributed by atoms with van der Waals surface area (Å²) in [5.41, 5.74) is 1.86. The zero-order chi connectivity index (χ0) is 22.8. The summed E-state index contributed by atoms with van der Waals surface area (Å²) < 4.78 is 7.18. The van der Waals surface area contributed by atoms with Crippen molar-refractivity contribution in [1.29, 1.82) is 0 Å². The lowest BCUT2D eigenvalue weighted by Gasteiger charge is -2.33. The zero-order valence-electron chi connectivity index (χ0n) is 19.5. The van der Waals surface area contributed by atoms with Gasteiger partial charge in [0.15, 0.2) is 5.69 Å². The molecule has 0 spiro atoms. The number of rotatable bonds is 5. The monoisotopic (exact) mass is 429 g/mol. The van der Waals surface area contributed by atoms with E-state index < -0.39 is 5.60 Å². The zero-order valence-corrected chi connectivity index (χ0v) is 19.5. The molecule has 0 radical (unpaired) electrons. The molecule has 31 heavy (non-hydrogen) atoms. The first-order chi connectivity index (χ1) is 14.5. The molecule has 2 aromatic rings. The van der Waals surface area contributed by atoms with Crippen molar-refractivity contribution >= 4 is 28.6 Å². The Labute approximate surface area is 184 Å². The molecule has 1 aromatic carbocycles. The van der Waals surface area contributed by atoms with Gasteiger partial charge in [-0.25, -0.2) is 4.79 Å². The van der Waals surface area contributed by atoms with Gasteiger partial charge in [-0.05, 0) is 57.7 Å². The van der Waals surface area contributed by atoms with Crippen molar-refractivity contribution in [3.05, 3.63) is 23.9 Å². The van der Waals surface area contributed by atoms with Gasteiger partial charge in [0, 0.05) is 43.8 Å². The fourth-order valence-corrected chi connectivity index (χ4v) is 3.64. The number of piperidine rings is 1. The first-order valence-corrected chi connectivity index (χ1v) is 11.0. The first-order valence-electron chi connectivity index (χ1n) is 11.0. The molecule has 1 saturated heterocycles. The van der Waals surface area contributed by atoms with Crippen LogP contribution in [0.3, 0.4) is 0 Å². The van der Waals surface area contributed by atoms with Gasteiger partial charge >= 0.3 is 6.09 Å². The van der Waals surface area contributed by atoms with Crippen LogP contribution in [0.1, 0.15) is 57.9 Å². The number of likely N-dealkylation sites (tertiary alicyclic amines) is 1. The van der Waals surface area contributed by atoms with Gasteiger partial charge in [-0.15, -0.1) is 0 Å². The molecular formula is C23H35N5O3. The van der Waals surface area contributed by atoms with Crippen LogP contribution in [-0.2, 0) is 11.8 Å². The van der Waals surface area contributed by atoms with E-state index in [2.05, 4.69) is 29.6 Å². The molecule has 8 heteroatoms. The van der Waals surface area contributed by atoms with Crippen LogP contribution in [0.4, 0.5) is 10.5 Å². The van der Waals surface area contributed by atoms with E-state index in [1.54, 1.807) is 9.58 Å². The lowest BCUT2D eigenvalue weighted by Crippen LogP contribution is -2.47. The number of carbonyl (C=O) groups excluding carboxylic acids is 2. The Bertz CT molecular complexity index is 937. The molecule has 0 atom stereocenters. The van der Waals surface area contributed by atoms with Gasteiger partial charge < -0.3 is 20.3 Å². The maximum atomic E-state index is 12.9. The van der Waals surface area contributed by atoms with Crippen LogP contribution in [0.25, 0.3) is 10.9 Å². The number of aromatic nitrogens is 2. The molecule has 170 valence electrons. The number of fused-ring (bicyclic) bond motifs is 1. The van der Waals surface area contributed by atoms with Crippen molar-refractivity contribution in [3.8, 4) is 0 Å². The predicted octanol–water partition coefficient (Wildman–Crippen LogP) is 3.77. The Balaban J connectivity index is 1.62. The average Bonchev–Trinajstić information content (AvgIpc) is 3.02. The fraction of sp³-hybridized carbons (Fsp3) is 0.609. The molecule has 0 unspecified atom stereocenters. The van der Waals surface area contributed by atoms with E-state index in [9.17, 15) is 9.59 Å². The molecule has 1 aliphatic heterocycles. The topological polar surface area (TPSA) is 88.5 Å². The number of nitrogens with one attached hydrogen (secondary N) is 2. The van der Waals surface area contributed by atoms with Crippen molar-refractivity contribution < 1.29 is 14.3 Å². The Morgan fingerprint density at radius 1 is 1.23 bits per heavy atom. The lowest BCUT2D eigenvalue weighted by molar-refractivity contribution is 0.0199. The summed E-state index contributed by atoms with van der Waals surface area (Å²) in [5.74, 6) is 0.370. The first kappa shape index (κ1) is 22.9. The van der Waals surface area contributed by atoms with Gasteiger partial charge in [0.1, 0.15) is 5.60 Å². The van der Waals surface area contributed by atoms with Crippen molar-refractivity contribution in [1.82, 2.24) is 20.0 Å². The fourth-order valence-electron chi connectivity index (χ4n) is 3.64. The minimum Gasteiger partial charge on any atom is -0.444 e. The molecule has 2 N–H and O–H groups in total. The van der Waals surface area contributed by atoms with Crippen molar-refractivity contribution in [2.75, 3.05) is 25.0 Å². The summed E-state index contributed by atoms with van der Waals surface area (Å²) in [4.78, 5) is 26.9. The number of amides is 2. The number of carbonyl (C=O) groups is 2. The predicted molar refractivity (Wildman–Crippen MR) is 122 cm³/mol. The van der Waals surface area contributed by atoms with Crippen molar-refractivity contribution in [2.45, 2.75) is 59.1 Å². The van der Waals surface area contributed by atoms with E-state index in [0.717, 1.165) is 23.1 Å². The molecule has 3 rings (SSSR count). The quantitative estimate of drug-likeness (QED) is 0.755. The van der Waals surface area contributed by atoms with Crippen LogP contribution in [0, 0.1) is 5.92 Å².